The van der Waals surface area contributed by atoms with E-state index in [-0.39, 0.29) is 6.61 Å². The number of likely N-dealkylation sites (N-methyl/N-ethyl adjacent to an activating group) is 1. The van der Waals surface area contributed by atoms with Crippen LogP contribution in [0, 0.1) is 0 Å². The minimum Gasteiger partial charge on any atom is -0.372 e. The van der Waals surface area contributed by atoms with Crippen molar-refractivity contribution in [3.8, 4) is 0 Å². The molecular formula is C9H14N2O3S. The summed E-state index contributed by atoms with van der Waals surface area (Å²) in [6.07, 6.45) is 4.41. The molecule has 0 saturated carbocycles. The normalized spacial score (nSPS) is 11.3. The van der Waals surface area contributed by atoms with E-state index in [0.717, 1.165) is 11.9 Å². The molecule has 0 aromatic carbocycles. The van der Waals surface area contributed by atoms with Crippen LogP contribution in [0.3, 0.4) is 0 Å². The second kappa shape index (κ2) is 5.09. The highest BCUT2D eigenvalue weighted by Crippen LogP contribution is 2.08. The summed E-state index contributed by atoms with van der Waals surface area (Å²) in [5, 5.41) is 0. The monoisotopic (exact) mass is 230 g/mol. The highest BCUT2D eigenvalue weighted by atomic mass is 32.2. The van der Waals surface area contributed by atoms with Gasteiger partial charge in [-0.25, -0.2) is 0 Å². The van der Waals surface area contributed by atoms with Gasteiger partial charge in [-0.05, 0) is 12.1 Å². The van der Waals surface area contributed by atoms with Gasteiger partial charge in [0.2, 0.25) is 0 Å². The van der Waals surface area contributed by atoms with E-state index in [4.69, 9.17) is 0 Å². The van der Waals surface area contributed by atoms with Crippen LogP contribution in [0.25, 0.3) is 0 Å². The Hall–Kier alpha value is -1.14. The van der Waals surface area contributed by atoms with Crippen LogP contribution in [0.4, 0.5) is 5.69 Å². The maximum absolute atomic E-state index is 10.7. The fraction of sp³-hybridized carbons (Fsp3) is 0.444. The van der Waals surface area contributed by atoms with Crippen molar-refractivity contribution >= 4 is 15.8 Å². The second-order valence-electron chi connectivity index (χ2n) is 3.15. The van der Waals surface area contributed by atoms with Gasteiger partial charge in [-0.15, -0.1) is 0 Å². The molecule has 1 rings (SSSR count). The fourth-order valence-electron chi connectivity index (χ4n) is 1.05. The van der Waals surface area contributed by atoms with E-state index in [1.165, 1.54) is 0 Å². The minimum atomic E-state index is -3.34. The summed E-state index contributed by atoms with van der Waals surface area (Å²) >= 11 is 0. The van der Waals surface area contributed by atoms with Gasteiger partial charge in [-0.1, -0.05) is 0 Å². The summed E-state index contributed by atoms with van der Waals surface area (Å²) in [7, 11) is -1.48. The molecule has 5 nitrogen and oxygen atoms in total. The molecule has 15 heavy (non-hydrogen) atoms. The number of pyridine rings is 1. The maximum atomic E-state index is 10.7. The average Bonchev–Trinajstić information content (AvgIpc) is 2.17. The highest BCUT2D eigenvalue weighted by Gasteiger charge is 2.04. The lowest BCUT2D eigenvalue weighted by Crippen LogP contribution is -2.23. The van der Waals surface area contributed by atoms with Gasteiger partial charge in [-0.3, -0.25) is 9.17 Å². The molecule has 84 valence electrons. The molecule has 1 heterocycles. The van der Waals surface area contributed by atoms with Crippen molar-refractivity contribution in [2.24, 2.45) is 0 Å². The first-order valence-electron chi connectivity index (χ1n) is 4.44. The van der Waals surface area contributed by atoms with Gasteiger partial charge in [-0.2, -0.15) is 8.42 Å². The van der Waals surface area contributed by atoms with Crippen molar-refractivity contribution in [2.75, 3.05) is 31.4 Å². The molecule has 0 aliphatic heterocycles. The van der Waals surface area contributed by atoms with Gasteiger partial charge in [0.15, 0.2) is 0 Å². The lowest BCUT2D eigenvalue weighted by Gasteiger charge is -2.18. The minimum absolute atomic E-state index is 0.150. The Morgan fingerprint density at radius 2 is 2.00 bits per heavy atom. The van der Waals surface area contributed by atoms with Gasteiger partial charge >= 0.3 is 0 Å². The molecular weight excluding hydrogens is 216 g/mol. The zero-order valence-corrected chi connectivity index (χ0v) is 9.57. The molecule has 0 amide bonds. The fourth-order valence-corrected chi connectivity index (χ4v) is 1.43. The molecule has 0 spiro atoms. The summed E-state index contributed by atoms with van der Waals surface area (Å²) in [5.41, 5.74) is 0.974. The van der Waals surface area contributed by atoms with Gasteiger partial charge in [0.05, 0.1) is 12.9 Å². The predicted molar refractivity (Wildman–Crippen MR) is 58.3 cm³/mol. The third kappa shape index (κ3) is 4.75. The van der Waals surface area contributed by atoms with E-state index in [1.807, 2.05) is 24.1 Å². The average molecular weight is 230 g/mol. The van der Waals surface area contributed by atoms with Crippen molar-refractivity contribution in [3.63, 3.8) is 0 Å². The topological polar surface area (TPSA) is 59.5 Å². The van der Waals surface area contributed by atoms with Crippen molar-refractivity contribution in [1.82, 2.24) is 4.98 Å². The van der Waals surface area contributed by atoms with Crippen LogP contribution in [-0.4, -0.2) is 39.9 Å². The van der Waals surface area contributed by atoms with Crippen LogP contribution < -0.4 is 4.90 Å². The largest absolute Gasteiger partial charge is 0.372 e. The van der Waals surface area contributed by atoms with E-state index in [2.05, 4.69) is 9.17 Å². The number of hydrogen-bond acceptors (Lipinski definition) is 5. The lowest BCUT2D eigenvalue weighted by molar-refractivity contribution is 0.329. The number of rotatable bonds is 5. The number of aromatic nitrogens is 1. The van der Waals surface area contributed by atoms with E-state index >= 15 is 0 Å². The Labute approximate surface area is 89.8 Å². The third-order valence-electron chi connectivity index (χ3n) is 1.83. The van der Waals surface area contributed by atoms with Crippen LogP contribution in [0.15, 0.2) is 24.5 Å². The smallest absolute Gasteiger partial charge is 0.264 e. The predicted octanol–water partition coefficient (Wildman–Crippen LogP) is 0.494. The molecule has 0 N–H and O–H groups in total. The molecule has 0 aliphatic carbocycles. The Morgan fingerprint density at radius 1 is 1.40 bits per heavy atom. The Bertz CT molecular complexity index is 391. The number of anilines is 1. The van der Waals surface area contributed by atoms with E-state index in [0.29, 0.717) is 6.54 Å². The molecule has 0 aliphatic rings. The van der Waals surface area contributed by atoms with E-state index in [1.54, 1.807) is 12.4 Å². The summed E-state index contributed by atoms with van der Waals surface area (Å²) in [4.78, 5) is 5.79. The van der Waals surface area contributed by atoms with Crippen LogP contribution in [-0.2, 0) is 14.3 Å². The summed E-state index contributed by atoms with van der Waals surface area (Å²) < 4.78 is 26.0. The molecule has 0 atom stereocenters. The van der Waals surface area contributed by atoms with Gasteiger partial charge in [0.25, 0.3) is 10.1 Å². The van der Waals surface area contributed by atoms with E-state index < -0.39 is 10.1 Å². The molecule has 0 radical (unpaired) electrons. The first-order chi connectivity index (χ1) is 6.99. The summed E-state index contributed by atoms with van der Waals surface area (Å²) in [6, 6.07) is 3.70. The summed E-state index contributed by atoms with van der Waals surface area (Å²) in [6.45, 7) is 0.661. The van der Waals surface area contributed by atoms with Crippen LogP contribution in [0.5, 0.6) is 0 Å². The third-order valence-corrected chi connectivity index (χ3v) is 2.42. The summed E-state index contributed by atoms with van der Waals surface area (Å²) in [5.74, 6) is 0. The maximum Gasteiger partial charge on any atom is 0.264 e. The SMILES string of the molecule is CN(CCOS(C)(=O)=O)c1ccncc1. The molecule has 0 fully saturated rings. The Balaban J connectivity index is 2.41. The van der Waals surface area contributed by atoms with Gasteiger partial charge in [0, 0.05) is 31.7 Å². The second-order valence-corrected chi connectivity index (χ2v) is 4.80. The molecule has 0 saturated heterocycles. The quantitative estimate of drug-likeness (QED) is 0.689. The van der Waals surface area contributed by atoms with Crippen LogP contribution >= 0.6 is 0 Å². The first-order valence-corrected chi connectivity index (χ1v) is 6.26. The van der Waals surface area contributed by atoms with Crippen molar-refractivity contribution in [3.05, 3.63) is 24.5 Å². The van der Waals surface area contributed by atoms with E-state index in [9.17, 15) is 8.42 Å². The van der Waals surface area contributed by atoms with Crippen molar-refractivity contribution in [1.29, 1.82) is 0 Å². The lowest BCUT2D eigenvalue weighted by atomic mass is 10.4. The van der Waals surface area contributed by atoms with Gasteiger partial charge in [0.1, 0.15) is 0 Å². The standard InChI is InChI=1S/C9H14N2O3S/c1-11(7-8-14-15(2,12)13)9-3-5-10-6-4-9/h3-6H,7-8H2,1-2H3. The molecule has 0 unspecified atom stereocenters. The Morgan fingerprint density at radius 3 is 2.53 bits per heavy atom. The molecule has 1 aromatic rings. The van der Waals surface area contributed by atoms with Crippen molar-refractivity contribution < 1.29 is 12.6 Å². The van der Waals surface area contributed by atoms with Crippen LogP contribution in [0.1, 0.15) is 0 Å². The first kappa shape index (κ1) is 11.9. The number of nitrogens with zero attached hydrogens (tertiary/aromatic N) is 2. The Kier molecular flexibility index (Phi) is 4.05. The molecule has 1 aromatic heterocycles. The van der Waals surface area contributed by atoms with Crippen LogP contribution in [0.2, 0.25) is 0 Å². The highest BCUT2D eigenvalue weighted by molar-refractivity contribution is 7.85. The number of hydrogen-bond donors (Lipinski definition) is 0. The van der Waals surface area contributed by atoms with Crippen molar-refractivity contribution in [2.45, 2.75) is 0 Å². The zero-order valence-electron chi connectivity index (χ0n) is 8.75. The molecule has 0 bridgehead atoms. The molecule has 6 heteroatoms. The van der Waals surface area contributed by atoms with Gasteiger partial charge < -0.3 is 4.90 Å². The zero-order chi connectivity index (χ0) is 11.3.